The first kappa shape index (κ1) is 39.1. The quantitative estimate of drug-likeness (QED) is 0.0763. The van der Waals surface area contributed by atoms with Gasteiger partial charge in [0.1, 0.15) is 11.9 Å². The first-order valence-corrected chi connectivity index (χ1v) is 19.3. The van der Waals surface area contributed by atoms with Crippen LogP contribution in [0.15, 0.2) is 51.5 Å². The van der Waals surface area contributed by atoms with E-state index in [9.17, 15) is 24.0 Å². The van der Waals surface area contributed by atoms with Crippen LogP contribution in [0.3, 0.4) is 0 Å². The second kappa shape index (κ2) is 14.4. The molecule has 4 aliphatic carbocycles. The van der Waals surface area contributed by atoms with Crippen LogP contribution in [0.1, 0.15) is 124 Å². The minimum Gasteiger partial charge on any atom is -0.458 e. The molecule has 2 saturated carbocycles. The van der Waals surface area contributed by atoms with Crippen LogP contribution in [-0.4, -0.2) is 48.3 Å². The molecule has 51 heavy (non-hydrogen) atoms. The van der Waals surface area contributed by atoms with Gasteiger partial charge in [0, 0.05) is 46.7 Å². The molecule has 0 spiro atoms. The van der Waals surface area contributed by atoms with Gasteiger partial charge >= 0.3 is 17.9 Å². The summed E-state index contributed by atoms with van der Waals surface area (Å²) in [5.41, 5.74) is 1.61. The highest BCUT2D eigenvalue weighted by Gasteiger charge is 2.70. The Morgan fingerprint density at radius 2 is 1.57 bits per heavy atom. The second-order valence-corrected chi connectivity index (χ2v) is 17.7. The molecular formula is C42H55BrO8. The van der Waals surface area contributed by atoms with Crippen molar-refractivity contribution in [3.05, 3.63) is 57.1 Å². The summed E-state index contributed by atoms with van der Waals surface area (Å²) in [7, 11) is 0. The highest BCUT2D eigenvalue weighted by molar-refractivity contribution is 9.10. The van der Waals surface area contributed by atoms with Crippen LogP contribution in [0.5, 0.6) is 0 Å². The number of hydrogen-bond acceptors (Lipinski definition) is 8. The van der Waals surface area contributed by atoms with Crippen molar-refractivity contribution in [1.29, 1.82) is 0 Å². The summed E-state index contributed by atoms with van der Waals surface area (Å²) in [6.45, 7) is 17.4. The Labute approximate surface area is 311 Å². The fourth-order valence-corrected chi connectivity index (χ4v) is 11.2. The Kier molecular flexibility index (Phi) is 11.0. The molecule has 5 rings (SSSR count). The molecule has 8 atom stereocenters. The zero-order valence-corrected chi connectivity index (χ0v) is 33.4. The van der Waals surface area contributed by atoms with Gasteiger partial charge in [0.15, 0.2) is 18.5 Å². The van der Waals surface area contributed by atoms with Crippen molar-refractivity contribution in [3.63, 3.8) is 0 Å². The van der Waals surface area contributed by atoms with E-state index in [0.29, 0.717) is 30.4 Å². The Morgan fingerprint density at radius 1 is 0.922 bits per heavy atom. The smallest absolute Gasteiger partial charge is 0.333 e. The normalized spacial score (nSPS) is 33.4. The fraction of sp³-hybridized carbons (Fsp3) is 0.643. The summed E-state index contributed by atoms with van der Waals surface area (Å²) in [5, 5.41) is 0. The lowest BCUT2D eigenvalue weighted by Crippen LogP contribution is -2.64. The van der Waals surface area contributed by atoms with E-state index in [-0.39, 0.29) is 46.8 Å². The molecule has 278 valence electrons. The molecule has 0 bridgehead atoms. The van der Waals surface area contributed by atoms with Crippen LogP contribution in [0, 0.1) is 39.4 Å². The zero-order valence-electron chi connectivity index (χ0n) is 31.8. The average molecular weight is 768 g/mol. The van der Waals surface area contributed by atoms with Gasteiger partial charge in [-0.1, -0.05) is 81.3 Å². The van der Waals surface area contributed by atoms with Crippen molar-refractivity contribution < 1.29 is 38.2 Å². The van der Waals surface area contributed by atoms with Gasteiger partial charge in [0.25, 0.3) is 0 Å². The number of rotatable bonds is 10. The van der Waals surface area contributed by atoms with Crippen LogP contribution in [0.2, 0.25) is 0 Å². The monoisotopic (exact) mass is 766 g/mol. The lowest BCUT2D eigenvalue weighted by atomic mass is 9.42. The van der Waals surface area contributed by atoms with Gasteiger partial charge in [-0.25, -0.2) is 4.79 Å². The molecule has 2 fully saturated rings. The second-order valence-electron chi connectivity index (χ2n) is 16.8. The highest BCUT2D eigenvalue weighted by atomic mass is 79.9. The molecule has 0 N–H and O–H groups in total. The van der Waals surface area contributed by atoms with Gasteiger partial charge in [-0.15, -0.1) is 0 Å². The average Bonchev–Trinajstić information content (AvgIpc) is 3.34. The molecule has 1 aromatic rings. The van der Waals surface area contributed by atoms with E-state index in [1.54, 1.807) is 31.2 Å². The number of benzene rings is 1. The largest absolute Gasteiger partial charge is 0.458 e. The molecule has 0 aliphatic heterocycles. The minimum atomic E-state index is -0.735. The van der Waals surface area contributed by atoms with E-state index < -0.39 is 40.9 Å². The van der Waals surface area contributed by atoms with Crippen LogP contribution in [0.25, 0.3) is 0 Å². The van der Waals surface area contributed by atoms with Gasteiger partial charge in [0.2, 0.25) is 0 Å². The van der Waals surface area contributed by atoms with E-state index in [0.717, 1.165) is 42.1 Å². The van der Waals surface area contributed by atoms with Gasteiger partial charge in [0.05, 0.1) is 0 Å². The van der Waals surface area contributed by atoms with Crippen molar-refractivity contribution in [1.82, 2.24) is 0 Å². The predicted molar refractivity (Wildman–Crippen MR) is 198 cm³/mol. The van der Waals surface area contributed by atoms with Gasteiger partial charge in [-0.05, 0) is 98.2 Å². The molecule has 0 unspecified atom stereocenters. The standard InChI is InChI=1S/C42H55BrO8/c1-24(11-10-12-25(2)38(48)49-23-32(46)28-13-15-29(43)16-14-28)30-19-22-41(8)31-17-18-33-39(5,6)34(47)20-21-40(33,7)35(31)36(50-26(3)44)37(42(30,41)9)51-27(4)45/h12-16,24,30,33,36-37H,10-11,17-23H2,1-9H3/b25-12+/t24-,30-,33+,36-,37-,40+,41+,42+/m1/s1. The molecule has 0 radical (unpaired) electrons. The Hall–Kier alpha value is -3.07. The number of carbonyl (C=O) groups is 5. The van der Waals surface area contributed by atoms with Crippen LogP contribution in [-0.2, 0) is 33.4 Å². The third-order valence-corrected chi connectivity index (χ3v) is 14.3. The predicted octanol–water partition coefficient (Wildman–Crippen LogP) is 8.94. The number of hydrogen-bond donors (Lipinski definition) is 0. The number of carbonyl (C=O) groups excluding carboxylic acids is 5. The van der Waals surface area contributed by atoms with Crippen molar-refractivity contribution in [2.75, 3.05) is 6.61 Å². The molecule has 0 saturated heterocycles. The Bertz CT molecular complexity index is 1650. The van der Waals surface area contributed by atoms with Gasteiger partial charge in [-0.2, -0.15) is 0 Å². The third kappa shape index (κ3) is 6.81. The molecular weight excluding hydrogens is 712 g/mol. The number of halogens is 1. The molecule has 9 heteroatoms. The topological polar surface area (TPSA) is 113 Å². The molecule has 4 aliphatic rings. The molecule has 0 heterocycles. The van der Waals surface area contributed by atoms with Crippen LogP contribution in [0.4, 0.5) is 0 Å². The first-order chi connectivity index (χ1) is 23.8. The fourth-order valence-electron chi connectivity index (χ4n) is 10.9. The lowest BCUT2D eigenvalue weighted by Gasteiger charge is -2.63. The molecule has 0 amide bonds. The summed E-state index contributed by atoms with van der Waals surface area (Å²) in [6.07, 6.45) is 6.56. The SMILES string of the molecule is CC(=O)O[C@@H]1C2=C(CC[C@H]3C(C)(C)C(=O)CC[C@]23C)[C@]2(C)CC[C@H]([C@H](C)CC/C=C(\C)C(=O)OCC(=O)c3ccc(Br)cc3)[C@@]2(C)[C@@H]1OC(C)=O. The maximum Gasteiger partial charge on any atom is 0.333 e. The Morgan fingerprint density at radius 3 is 2.20 bits per heavy atom. The first-order valence-electron chi connectivity index (χ1n) is 18.5. The zero-order chi connectivity index (χ0) is 37.7. The summed E-state index contributed by atoms with van der Waals surface area (Å²) >= 11 is 3.36. The van der Waals surface area contributed by atoms with E-state index in [1.807, 2.05) is 6.08 Å². The Balaban J connectivity index is 1.41. The van der Waals surface area contributed by atoms with Crippen molar-refractivity contribution >= 4 is 45.4 Å². The van der Waals surface area contributed by atoms with E-state index in [4.69, 9.17) is 14.2 Å². The van der Waals surface area contributed by atoms with E-state index >= 15 is 0 Å². The van der Waals surface area contributed by atoms with Crippen LogP contribution < -0.4 is 0 Å². The lowest BCUT2D eigenvalue weighted by molar-refractivity contribution is -0.195. The van der Waals surface area contributed by atoms with E-state index in [2.05, 4.69) is 57.5 Å². The minimum absolute atomic E-state index is 0.0886. The summed E-state index contributed by atoms with van der Waals surface area (Å²) in [4.78, 5) is 64.3. The summed E-state index contributed by atoms with van der Waals surface area (Å²) < 4.78 is 18.8. The van der Waals surface area contributed by atoms with Gasteiger partial charge in [-0.3, -0.25) is 19.2 Å². The van der Waals surface area contributed by atoms with Crippen molar-refractivity contribution in [3.8, 4) is 0 Å². The number of esters is 3. The number of Topliss-reactive ketones (excluding diaryl/α,β-unsaturated/α-hetero) is 2. The number of ketones is 2. The third-order valence-electron chi connectivity index (χ3n) is 13.8. The van der Waals surface area contributed by atoms with Gasteiger partial charge < -0.3 is 14.2 Å². The number of ether oxygens (including phenoxy) is 3. The van der Waals surface area contributed by atoms with Crippen molar-refractivity contribution in [2.45, 2.75) is 126 Å². The van der Waals surface area contributed by atoms with Crippen molar-refractivity contribution in [2.24, 2.45) is 39.4 Å². The molecule has 1 aromatic carbocycles. The number of fused-ring (bicyclic) bond motifs is 4. The summed E-state index contributed by atoms with van der Waals surface area (Å²) in [5.74, 6) is -0.912. The molecule has 0 aromatic heterocycles. The summed E-state index contributed by atoms with van der Waals surface area (Å²) in [6, 6.07) is 6.92. The number of allylic oxidation sites excluding steroid dienone is 2. The van der Waals surface area contributed by atoms with Crippen LogP contribution >= 0.6 is 15.9 Å². The maximum atomic E-state index is 13.2. The highest BCUT2D eigenvalue weighted by Crippen LogP contribution is 2.73. The maximum absolute atomic E-state index is 13.2. The van der Waals surface area contributed by atoms with E-state index in [1.165, 1.54) is 19.4 Å². The molecule has 8 nitrogen and oxygen atoms in total.